The van der Waals surface area contributed by atoms with E-state index in [1.807, 2.05) is 36.4 Å². The van der Waals surface area contributed by atoms with Gasteiger partial charge in [0.2, 0.25) is 5.88 Å². The van der Waals surface area contributed by atoms with Gasteiger partial charge < -0.3 is 20.1 Å². The molecule has 120 valence electrons. The number of urea groups is 1. The molecule has 0 bridgehead atoms. The van der Waals surface area contributed by atoms with Crippen LogP contribution in [0, 0.1) is 0 Å². The number of carbonyl (C=O) groups is 1. The molecule has 0 spiro atoms. The highest BCUT2D eigenvalue weighted by Crippen LogP contribution is 2.31. The van der Waals surface area contributed by atoms with Gasteiger partial charge in [-0.3, -0.25) is 0 Å². The molecule has 1 aromatic heterocycles. The van der Waals surface area contributed by atoms with Crippen molar-refractivity contribution in [1.82, 2.24) is 15.6 Å². The minimum atomic E-state index is -0.224. The summed E-state index contributed by atoms with van der Waals surface area (Å²) in [5.41, 5.74) is 1.84. The Morgan fingerprint density at radius 2 is 2.22 bits per heavy atom. The van der Waals surface area contributed by atoms with Crippen LogP contribution in [0.15, 0.2) is 42.6 Å². The number of nitrogens with one attached hydrogen (secondary N) is 2. The number of nitrogens with zero attached hydrogens (tertiary/aromatic N) is 1. The molecule has 2 N–H and O–H groups in total. The summed E-state index contributed by atoms with van der Waals surface area (Å²) in [5.74, 6) is 1.35. The fourth-order valence-corrected chi connectivity index (χ4v) is 2.62. The first kappa shape index (κ1) is 15.1. The summed E-state index contributed by atoms with van der Waals surface area (Å²) in [6, 6.07) is 11.2. The van der Waals surface area contributed by atoms with E-state index in [1.165, 1.54) is 0 Å². The van der Waals surface area contributed by atoms with Crippen molar-refractivity contribution in [3.63, 3.8) is 0 Å². The zero-order valence-electron chi connectivity index (χ0n) is 12.9. The molecule has 0 aliphatic carbocycles. The van der Waals surface area contributed by atoms with E-state index in [0.29, 0.717) is 19.0 Å². The summed E-state index contributed by atoms with van der Waals surface area (Å²) < 4.78 is 10.8. The third-order valence-electron chi connectivity index (χ3n) is 3.75. The van der Waals surface area contributed by atoms with Gasteiger partial charge in [-0.25, -0.2) is 9.78 Å². The van der Waals surface area contributed by atoms with Crippen molar-refractivity contribution in [1.29, 1.82) is 0 Å². The molecule has 3 rings (SSSR count). The molecule has 0 saturated heterocycles. The molecule has 1 aliphatic rings. The molecule has 2 heterocycles. The van der Waals surface area contributed by atoms with Gasteiger partial charge in [0, 0.05) is 30.3 Å². The van der Waals surface area contributed by atoms with Crippen LogP contribution in [0.2, 0.25) is 0 Å². The Morgan fingerprint density at radius 1 is 1.35 bits per heavy atom. The van der Waals surface area contributed by atoms with Gasteiger partial charge in [-0.2, -0.15) is 0 Å². The van der Waals surface area contributed by atoms with Crippen LogP contribution in [0.4, 0.5) is 4.79 Å². The number of methoxy groups -OCH3 is 1. The quantitative estimate of drug-likeness (QED) is 0.909. The number of hydrogen-bond acceptors (Lipinski definition) is 4. The first-order valence-corrected chi connectivity index (χ1v) is 7.52. The van der Waals surface area contributed by atoms with Crippen molar-refractivity contribution in [2.45, 2.75) is 19.0 Å². The van der Waals surface area contributed by atoms with Crippen LogP contribution in [0.5, 0.6) is 11.6 Å². The molecular formula is C17H19N3O3. The maximum Gasteiger partial charge on any atom is 0.315 e. The smallest absolute Gasteiger partial charge is 0.315 e. The van der Waals surface area contributed by atoms with E-state index in [1.54, 1.807) is 13.3 Å². The molecule has 0 fully saturated rings. The van der Waals surface area contributed by atoms with Crippen LogP contribution in [0.3, 0.4) is 0 Å². The van der Waals surface area contributed by atoms with E-state index < -0.39 is 0 Å². The number of rotatable bonds is 4. The lowest BCUT2D eigenvalue weighted by atomic mass is 10.0. The number of fused-ring (bicyclic) bond motifs is 1. The second kappa shape index (κ2) is 7.00. The van der Waals surface area contributed by atoms with Crippen molar-refractivity contribution in [3.8, 4) is 11.6 Å². The van der Waals surface area contributed by atoms with Crippen molar-refractivity contribution in [2.24, 2.45) is 0 Å². The number of carbonyl (C=O) groups excluding carboxylic acids is 1. The number of ether oxygens (including phenoxy) is 2. The summed E-state index contributed by atoms with van der Waals surface area (Å²) in [6.07, 6.45) is 2.40. The molecule has 6 nitrogen and oxygen atoms in total. The molecule has 2 amide bonds. The third-order valence-corrected chi connectivity index (χ3v) is 3.75. The van der Waals surface area contributed by atoms with Gasteiger partial charge >= 0.3 is 6.03 Å². The highest BCUT2D eigenvalue weighted by Gasteiger charge is 2.22. The van der Waals surface area contributed by atoms with Gasteiger partial charge in [0.15, 0.2) is 0 Å². The van der Waals surface area contributed by atoms with Crippen molar-refractivity contribution in [3.05, 3.63) is 53.7 Å². The molecule has 6 heteroatoms. The second-order valence-electron chi connectivity index (χ2n) is 5.23. The lowest BCUT2D eigenvalue weighted by Gasteiger charge is -2.26. The first-order valence-electron chi connectivity index (χ1n) is 7.52. The Balaban J connectivity index is 1.60. The van der Waals surface area contributed by atoms with Gasteiger partial charge in [0.05, 0.1) is 19.8 Å². The predicted octanol–water partition coefficient (Wildman–Crippen LogP) is 2.41. The standard InChI is InChI=1S/C17H19N3O3/c1-22-16-12(5-4-9-18-16)11-19-17(21)20-14-8-10-23-15-7-3-2-6-13(14)15/h2-7,9,14H,8,10-11H2,1H3,(H2,19,20,21)/t14-/m0/s1. The summed E-state index contributed by atoms with van der Waals surface area (Å²) in [6.45, 7) is 0.950. The largest absolute Gasteiger partial charge is 0.493 e. The number of hydrogen-bond donors (Lipinski definition) is 2. The third kappa shape index (κ3) is 3.53. The lowest BCUT2D eigenvalue weighted by molar-refractivity contribution is 0.223. The van der Waals surface area contributed by atoms with Gasteiger partial charge in [-0.1, -0.05) is 24.3 Å². The molecule has 23 heavy (non-hydrogen) atoms. The summed E-state index contributed by atoms with van der Waals surface area (Å²) in [7, 11) is 1.56. The Bertz CT molecular complexity index is 690. The zero-order valence-corrected chi connectivity index (χ0v) is 12.9. The van der Waals surface area contributed by atoms with E-state index in [9.17, 15) is 4.79 Å². The van der Waals surface area contributed by atoms with Crippen LogP contribution < -0.4 is 20.1 Å². The molecule has 2 aromatic rings. The number of pyridine rings is 1. The van der Waals surface area contributed by atoms with Crippen LogP contribution in [0.25, 0.3) is 0 Å². The van der Waals surface area contributed by atoms with Gasteiger partial charge in [0.25, 0.3) is 0 Å². The van der Waals surface area contributed by atoms with Gasteiger partial charge in [0.1, 0.15) is 5.75 Å². The number of aromatic nitrogens is 1. The maximum absolute atomic E-state index is 12.2. The fourth-order valence-electron chi connectivity index (χ4n) is 2.62. The van der Waals surface area contributed by atoms with Crippen molar-refractivity contribution < 1.29 is 14.3 Å². The summed E-state index contributed by atoms with van der Waals surface area (Å²) in [5, 5.41) is 5.83. The van der Waals surface area contributed by atoms with Crippen LogP contribution >= 0.6 is 0 Å². The molecule has 1 atom stereocenters. The van der Waals surface area contributed by atoms with Crippen molar-refractivity contribution >= 4 is 6.03 Å². The fraction of sp³-hybridized carbons (Fsp3) is 0.294. The van der Waals surface area contributed by atoms with E-state index in [0.717, 1.165) is 23.3 Å². The van der Waals surface area contributed by atoms with Crippen LogP contribution in [-0.4, -0.2) is 24.7 Å². The van der Waals surface area contributed by atoms with Gasteiger partial charge in [-0.15, -0.1) is 0 Å². The molecular weight excluding hydrogens is 294 g/mol. The first-order chi connectivity index (χ1) is 11.3. The molecule has 1 aromatic carbocycles. The summed E-state index contributed by atoms with van der Waals surface area (Å²) in [4.78, 5) is 16.3. The minimum absolute atomic E-state index is 0.0456. The van der Waals surface area contributed by atoms with Gasteiger partial charge in [-0.05, 0) is 12.1 Å². The highest BCUT2D eigenvalue weighted by atomic mass is 16.5. The number of benzene rings is 1. The zero-order chi connectivity index (χ0) is 16.1. The summed E-state index contributed by atoms with van der Waals surface area (Å²) >= 11 is 0. The number of para-hydroxylation sites is 1. The van der Waals surface area contributed by atoms with Crippen molar-refractivity contribution in [2.75, 3.05) is 13.7 Å². The Morgan fingerprint density at radius 3 is 3.09 bits per heavy atom. The van der Waals surface area contributed by atoms with E-state index in [2.05, 4.69) is 15.6 Å². The monoisotopic (exact) mass is 313 g/mol. The Hall–Kier alpha value is -2.76. The van der Waals surface area contributed by atoms with Crippen LogP contribution in [-0.2, 0) is 6.54 Å². The molecule has 0 saturated carbocycles. The predicted molar refractivity (Wildman–Crippen MR) is 85.5 cm³/mol. The topological polar surface area (TPSA) is 72.5 Å². The SMILES string of the molecule is COc1ncccc1CNC(=O)N[C@H]1CCOc2ccccc21. The maximum atomic E-state index is 12.2. The average Bonchev–Trinajstić information content (AvgIpc) is 2.60. The lowest BCUT2D eigenvalue weighted by Crippen LogP contribution is -2.39. The number of amides is 2. The average molecular weight is 313 g/mol. The molecule has 0 unspecified atom stereocenters. The molecule has 0 radical (unpaired) electrons. The van der Waals surface area contributed by atoms with E-state index in [4.69, 9.17) is 9.47 Å². The normalized spacial score (nSPS) is 16.0. The Labute approximate surface area is 134 Å². The van der Waals surface area contributed by atoms with E-state index in [-0.39, 0.29) is 12.1 Å². The molecule has 1 aliphatic heterocycles. The Kier molecular flexibility index (Phi) is 4.61. The minimum Gasteiger partial charge on any atom is -0.493 e. The second-order valence-corrected chi connectivity index (χ2v) is 5.23. The van der Waals surface area contributed by atoms with E-state index >= 15 is 0 Å². The van der Waals surface area contributed by atoms with Crippen LogP contribution in [0.1, 0.15) is 23.6 Å². The highest BCUT2D eigenvalue weighted by molar-refractivity contribution is 5.74.